The Balaban J connectivity index is 2.50. The van der Waals surface area contributed by atoms with Crippen molar-refractivity contribution in [2.75, 3.05) is 6.54 Å². The fourth-order valence-electron chi connectivity index (χ4n) is 1.93. The molecule has 1 fully saturated rings. The summed E-state index contributed by atoms with van der Waals surface area (Å²) in [4.78, 5) is 21.9. The maximum atomic E-state index is 11.7. The Morgan fingerprint density at radius 1 is 1.56 bits per heavy atom. The molecule has 0 aliphatic carbocycles. The Hall–Kier alpha value is -1.57. The molecule has 5 heteroatoms. The van der Waals surface area contributed by atoms with Gasteiger partial charge in [-0.15, -0.1) is 0 Å². The van der Waals surface area contributed by atoms with E-state index in [0.717, 1.165) is 25.7 Å². The van der Waals surface area contributed by atoms with Gasteiger partial charge in [-0.2, -0.15) is 5.26 Å². The van der Waals surface area contributed by atoms with E-state index in [1.807, 2.05) is 6.07 Å². The number of amides is 2. The Bertz CT molecular complexity index is 285. The highest BCUT2D eigenvalue weighted by Gasteiger charge is 2.23. The van der Waals surface area contributed by atoms with Gasteiger partial charge in [0.2, 0.25) is 12.3 Å². The van der Waals surface area contributed by atoms with Gasteiger partial charge in [0.25, 0.3) is 0 Å². The van der Waals surface area contributed by atoms with Gasteiger partial charge in [0.1, 0.15) is 6.04 Å². The Kier molecular flexibility index (Phi) is 5.34. The van der Waals surface area contributed by atoms with E-state index in [0.29, 0.717) is 19.4 Å². The minimum absolute atomic E-state index is 0.00708. The lowest BCUT2D eigenvalue weighted by Gasteiger charge is -2.21. The summed E-state index contributed by atoms with van der Waals surface area (Å²) >= 11 is 0. The van der Waals surface area contributed by atoms with Crippen LogP contribution in [-0.4, -0.2) is 24.9 Å². The molecule has 5 nitrogen and oxygen atoms in total. The van der Waals surface area contributed by atoms with Crippen molar-refractivity contribution in [2.24, 2.45) is 5.92 Å². The molecule has 1 aliphatic rings. The third-order valence-corrected chi connectivity index (χ3v) is 2.84. The number of carbonyl (C=O) groups is 2. The second-order valence-electron chi connectivity index (χ2n) is 4.04. The summed E-state index contributed by atoms with van der Waals surface area (Å²) in [5.41, 5.74) is 0. The molecule has 0 aromatic rings. The quantitative estimate of drug-likeness (QED) is 0.673. The van der Waals surface area contributed by atoms with Crippen LogP contribution in [-0.2, 0) is 9.59 Å². The Labute approximate surface area is 95.2 Å². The number of rotatable bonds is 4. The largest absolute Gasteiger partial charge is 0.356 e. The van der Waals surface area contributed by atoms with Crippen molar-refractivity contribution in [2.45, 2.75) is 38.1 Å². The van der Waals surface area contributed by atoms with Gasteiger partial charge in [0, 0.05) is 12.5 Å². The molecule has 0 saturated carbocycles. The lowest BCUT2D eigenvalue weighted by atomic mass is 9.92. The van der Waals surface area contributed by atoms with Crippen molar-refractivity contribution in [3.8, 4) is 6.07 Å². The maximum Gasteiger partial charge on any atom is 0.223 e. The monoisotopic (exact) mass is 223 g/mol. The van der Waals surface area contributed by atoms with Crippen LogP contribution in [0.3, 0.4) is 0 Å². The summed E-state index contributed by atoms with van der Waals surface area (Å²) < 4.78 is 0. The minimum atomic E-state index is -0.562. The van der Waals surface area contributed by atoms with Crippen molar-refractivity contribution in [1.82, 2.24) is 10.6 Å². The number of nitriles is 1. The molecule has 1 heterocycles. The van der Waals surface area contributed by atoms with E-state index in [2.05, 4.69) is 10.6 Å². The average molecular weight is 223 g/mol. The Morgan fingerprint density at radius 3 is 3.06 bits per heavy atom. The SMILES string of the molecule is N#C[C@H](C[C@@H]1CCCCCNC1=O)NC=O. The molecule has 0 bridgehead atoms. The van der Waals surface area contributed by atoms with Crippen LogP contribution in [0.25, 0.3) is 0 Å². The average Bonchev–Trinajstić information content (AvgIpc) is 2.27. The maximum absolute atomic E-state index is 11.7. The highest BCUT2D eigenvalue weighted by Crippen LogP contribution is 2.17. The van der Waals surface area contributed by atoms with Gasteiger partial charge in [-0.1, -0.05) is 12.8 Å². The predicted octanol–water partition coefficient (Wildman–Crippen LogP) is 0.321. The molecular formula is C11H17N3O2. The van der Waals surface area contributed by atoms with E-state index in [1.165, 1.54) is 0 Å². The molecule has 2 atom stereocenters. The smallest absolute Gasteiger partial charge is 0.223 e. The predicted molar refractivity (Wildman–Crippen MR) is 58.2 cm³/mol. The van der Waals surface area contributed by atoms with Crippen molar-refractivity contribution >= 4 is 12.3 Å². The Morgan fingerprint density at radius 2 is 2.38 bits per heavy atom. The van der Waals surface area contributed by atoms with Crippen LogP contribution >= 0.6 is 0 Å². The molecular weight excluding hydrogens is 206 g/mol. The molecule has 0 spiro atoms. The van der Waals surface area contributed by atoms with Gasteiger partial charge in [0.05, 0.1) is 6.07 Å². The van der Waals surface area contributed by atoms with Gasteiger partial charge >= 0.3 is 0 Å². The molecule has 0 aromatic heterocycles. The molecule has 2 amide bonds. The fraction of sp³-hybridized carbons (Fsp3) is 0.727. The number of carbonyl (C=O) groups excluding carboxylic acids is 2. The van der Waals surface area contributed by atoms with Gasteiger partial charge in [-0.05, 0) is 19.3 Å². The zero-order valence-corrected chi connectivity index (χ0v) is 9.24. The molecule has 88 valence electrons. The molecule has 1 aliphatic heterocycles. The normalized spacial score (nSPS) is 23.2. The van der Waals surface area contributed by atoms with Crippen LogP contribution in [0.4, 0.5) is 0 Å². The standard InChI is InChI=1S/C11H17N3O2/c12-7-10(14-8-15)6-9-4-2-1-3-5-13-11(9)16/h8-10H,1-6H2,(H,13,16)(H,14,15)/t9-,10-/m0/s1. The first-order valence-corrected chi connectivity index (χ1v) is 5.65. The zero-order valence-electron chi connectivity index (χ0n) is 9.24. The molecule has 0 radical (unpaired) electrons. The molecule has 16 heavy (non-hydrogen) atoms. The van der Waals surface area contributed by atoms with Gasteiger partial charge in [-0.25, -0.2) is 0 Å². The van der Waals surface area contributed by atoms with Crippen LogP contribution < -0.4 is 10.6 Å². The second-order valence-corrected chi connectivity index (χ2v) is 4.04. The third kappa shape index (κ3) is 3.89. The summed E-state index contributed by atoms with van der Waals surface area (Å²) in [7, 11) is 0. The first-order chi connectivity index (χ1) is 7.77. The first-order valence-electron chi connectivity index (χ1n) is 5.65. The zero-order chi connectivity index (χ0) is 11.8. The van der Waals surface area contributed by atoms with E-state index in [1.54, 1.807) is 0 Å². The fourth-order valence-corrected chi connectivity index (χ4v) is 1.93. The highest BCUT2D eigenvalue weighted by atomic mass is 16.2. The van der Waals surface area contributed by atoms with Crippen molar-refractivity contribution in [1.29, 1.82) is 5.26 Å². The number of nitrogens with zero attached hydrogens (tertiary/aromatic N) is 1. The number of hydrogen-bond acceptors (Lipinski definition) is 3. The van der Waals surface area contributed by atoms with Crippen molar-refractivity contribution in [3.05, 3.63) is 0 Å². The van der Waals surface area contributed by atoms with Crippen molar-refractivity contribution in [3.63, 3.8) is 0 Å². The van der Waals surface area contributed by atoms with Gasteiger partial charge < -0.3 is 10.6 Å². The first kappa shape index (κ1) is 12.5. The number of nitrogens with one attached hydrogen (secondary N) is 2. The lowest BCUT2D eigenvalue weighted by molar-refractivity contribution is -0.126. The summed E-state index contributed by atoms with van der Waals surface area (Å²) in [5, 5.41) is 14.1. The van der Waals surface area contributed by atoms with Crippen LogP contribution in [0, 0.1) is 17.2 Å². The molecule has 1 saturated heterocycles. The summed E-state index contributed by atoms with van der Waals surface area (Å²) in [6.45, 7) is 0.716. The van der Waals surface area contributed by atoms with E-state index in [4.69, 9.17) is 5.26 Å². The molecule has 1 rings (SSSR count). The summed E-state index contributed by atoms with van der Waals surface area (Å²) in [6.07, 6.45) is 4.85. The molecule has 0 unspecified atom stereocenters. The van der Waals surface area contributed by atoms with Gasteiger partial charge in [0.15, 0.2) is 0 Å². The topological polar surface area (TPSA) is 82.0 Å². The van der Waals surface area contributed by atoms with E-state index in [9.17, 15) is 9.59 Å². The van der Waals surface area contributed by atoms with Gasteiger partial charge in [-0.3, -0.25) is 9.59 Å². The molecule has 2 N–H and O–H groups in total. The molecule has 0 aromatic carbocycles. The summed E-state index contributed by atoms with van der Waals surface area (Å²) in [6, 6.07) is 1.42. The lowest BCUT2D eigenvalue weighted by Crippen LogP contribution is -2.37. The second kappa shape index (κ2) is 6.83. The van der Waals surface area contributed by atoms with Crippen molar-refractivity contribution < 1.29 is 9.59 Å². The van der Waals surface area contributed by atoms with Crippen LogP contribution in [0.1, 0.15) is 32.1 Å². The van der Waals surface area contributed by atoms with E-state index in [-0.39, 0.29) is 11.8 Å². The van der Waals surface area contributed by atoms with E-state index < -0.39 is 6.04 Å². The van der Waals surface area contributed by atoms with Crippen LogP contribution in [0.5, 0.6) is 0 Å². The van der Waals surface area contributed by atoms with Crippen LogP contribution in [0.2, 0.25) is 0 Å². The number of hydrogen-bond donors (Lipinski definition) is 2. The minimum Gasteiger partial charge on any atom is -0.356 e. The summed E-state index contributed by atoms with van der Waals surface area (Å²) in [5.74, 6) is -0.148. The van der Waals surface area contributed by atoms with E-state index >= 15 is 0 Å². The highest BCUT2D eigenvalue weighted by molar-refractivity contribution is 5.78. The third-order valence-electron chi connectivity index (χ3n) is 2.84. The van der Waals surface area contributed by atoms with Crippen LogP contribution in [0.15, 0.2) is 0 Å².